The molecule has 0 unspecified atom stereocenters. The van der Waals surface area contributed by atoms with Gasteiger partial charge in [-0.15, -0.1) is 0 Å². The fraction of sp³-hybridized carbons (Fsp3) is 0.474. The highest BCUT2D eigenvalue weighted by Crippen LogP contribution is 2.32. The molecule has 6 heteroatoms. The number of carbonyl (C=O) groups is 2. The maximum atomic E-state index is 12.3. The Balaban J connectivity index is 1.93. The summed E-state index contributed by atoms with van der Waals surface area (Å²) in [5.74, 6) is -0.458. The van der Waals surface area contributed by atoms with Crippen LogP contribution in [0, 0.1) is 0 Å². The van der Waals surface area contributed by atoms with Gasteiger partial charge in [-0.05, 0) is 26.3 Å². The topological polar surface area (TPSA) is 64.8 Å². The maximum Gasteiger partial charge on any atom is 0.411 e. The zero-order chi connectivity index (χ0) is 18.4. The summed E-state index contributed by atoms with van der Waals surface area (Å²) in [6, 6.07) is 9.42. The number of rotatable bonds is 6. The third kappa shape index (κ3) is 5.90. The third-order valence-electron chi connectivity index (χ3n) is 3.62. The average Bonchev–Trinajstić information content (AvgIpc) is 3.25. The fourth-order valence-corrected chi connectivity index (χ4v) is 2.39. The van der Waals surface area contributed by atoms with Gasteiger partial charge in [-0.2, -0.15) is 0 Å². The van der Waals surface area contributed by atoms with E-state index in [1.165, 1.54) is 13.2 Å². The van der Waals surface area contributed by atoms with E-state index in [4.69, 9.17) is 9.47 Å². The molecule has 1 amide bonds. The second-order valence-electron chi connectivity index (χ2n) is 6.83. The first-order chi connectivity index (χ1) is 11.8. The van der Waals surface area contributed by atoms with Crippen LogP contribution in [0.1, 0.15) is 26.3 Å². The lowest BCUT2D eigenvalue weighted by Crippen LogP contribution is -2.28. The smallest absolute Gasteiger partial charge is 0.411 e. The molecule has 1 aliphatic heterocycles. The van der Waals surface area contributed by atoms with Crippen LogP contribution >= 0.6 is 0 Å². The first-order valence-electron chi connectivity index (χ1n) is 8.21. The number of hydrogen-bond acceptors (Lipinski definition) is 5. The highest BCUT2D eigenvalue weighted by Gasteiger charge is 2.51. The number of esters is 1. The lowest BCUT2D eigenvalue weighted by molar-refractivity contribution is -0.134. The molecule has 1 heterocycles. The summed E-state index contributed by atoms with van der Waals surface area (Å²) in [7, 11) is 1.31. The van der Waals surface area contributed by atoms with Gasteiger partial charge in [-0.1, -0.05) is 36.4 Å². The van der Waals surface area contributed by atoms with E-state index in [-0.39, 0.29) is 12.1 Å². The highest BCUT2D eigenvalue weighted by molar-refractivity contribution is 5.82. The Morgan fingerprint density at radius 1 is 1.20 bits per heavy atom. The van der Waals surface area contributed by atoms with Crippen LogP contribution in [0.2, 0.25) is 0 Å². The Morgan fingerprint density at radius 3 is 2.48 bits per heavy atom. The number of carbonyl (C=O) groups excluding carboxylic acids is 2. The molecule has 2 rings (SSSR count). The first-order valence-corrected chi connectivity index (χ1v) is 8.21. The van der Waals surface area contributed by atoms with Crippen LogP contribution in [-0.4, -0.2) is 48.4 Å². The minimum absolute atomic E-state index is 0.153. The van der Waals surface area contributed by atoms with Crippen LogP contribution < -0.4 is 0 Å². The summed E-state index contributed by atoms with van der Waals surface area (Å²) in [5.41, 5.74) is 0.486. The van der Waals surface area contributed by atoms with E-state index in [1.54, 1.807) is 11.0 Å². The molecule has 0 aromatic heterocycles. The van der Waals surface area contributed by atoms with Crippen molar-refractivity contribution in [2.75, 3.05) is 13.7 Å². The average molecular weight is 347 g/mol. The van der Waals surface area contributed by atoms with Gasteiger partial charge in [0.1, 0.15) is 5.60 Å². The molecule has 0 N–H and O–H groups in total. The van der Waals surface area contributed by atoms with Crippen molar-refractivity contribution in [2.45, 2.75) is 45.1 Å². The molecular weight excluding hydrogens is 322 g/mol. The Morgan fingerprint density at radius 2 is 1.88 bits per heavy atom. The summed E-state index contributed by atoms with van der Waals surface area (Å²) in [4.78, 5) is 25.1. The van der Waals surface area contributed by atoms with Crippen molar-refractivity contribution >= 4 is 12.1 Å². The molecule has 2 atom stereocenters. The van der Waals surface area contributed by atoms with E-state index in [9.17, 15) is 9.59 Å². The van der Waals surface area contributed by atoms with Crippen molar-refractivity contribution in [2.24, 2.45) is 0 Å². The zero-order valence-electron chi connectivity index (χ0n) is 15.1. The van der Waals surface area contributed by atoms with E-state index in [2.05, 4.69) is 4.74 Å². The molecule has 136 valence electrons. The van der Waals surface area contributed by atoms with Gasteiger partial charge in [0.15, 0.2) is 0 Å². The quantitative estimate of drug-likeness (QED) is 0.450. The largest absolute Gasteiger partial charge is 0.466 e. The molecule has 6 nitrogen and oxygen atoms in total. The predicted molar refractivity (Wildman–Crippen MR) is 92.9 cm³/mol. The monoisotopic (exact) mass is 347 g/mol. The highest BCUT2D eigenvalue weighted by atomic mass is 16.6. The molecule has 0 aliphatic carbocycles. The second kappa shape index (κ2) is 8.16. The number of methoxy groups -OCH3 is 1. The fourth-order valence-electron chi connectivity index (χ4n) is 2.39. The van der Waals surface area contributed by atoms with Crippen molar-refractivity contribution in [3.05, 3.63) is 48.0 Å². The molecule has 0 radical (unpaired) electrons. The van der Waals surface area contributed by atoms with E-state index in [1.807, 2.05) is 51.1 Å². The standard InChI is InChI=1S/C19H25NO5/c1-19(2,3)25-18(22)20-15(10-11-17(21)23-4)16(20)13-24-12-14-8-6-5-7-9-14/h5-11,15-16H,12-13H2,1-4H3/b11-10-/t15-,16+,20?/m0/s1. The van der Waals surface area contributed by atoms with Gasteiger partial charge in [0.2, 0.25) is 0 Å². The summed E-state index contributed by atoms with van der Waals surface area (Å²) < 4.78 is 15.7. The van der Waals surface area contributed by atoms with Gasteiger partial charge >= 0.3 is 12.1 Å². The minimum atomic E-state index is -0.578. The minimum Gasteiger partial charge on any atom is -0.466 e. The molecule has 1 aromatic rings. The van der Waals surface area contributed by atoms with Crippen LogP contribution in [0.3, 0.4) is 0 Å². The molecule has 0 saturated carbocycles. The van der Waals surface area contributed by atoms with Gasteiger partial charge in [0.05, 0.1) is 32.4 Å². The molecule has 1 aromatic carbocycles. The molecule has 1 fully saturated rings. The van der Waals surface area contributed by atoms with Crippen LogP contribution in [-0.2, 0) is 25.6 Å². The van der Waals surface area contributed by atoms with Crippen LogP contribution in [0.25, 0.3) is 0 Å². The van der Waals surface area contributed by atoms with Gasteiger partial charge in [0, 0.05) is 6.08 Å². The molecule has 0 spiro atoms. The van der Waals surface area contributed by atoms with Crippen molar-refractivity contribution in [3.8, 4) is 0 Å². The summed E-state index contributed by atoms with van der Waals surface area (Å²) in [6.07, 6.45) is 2.55. The lowest BCUT2D eigenvalue weighted by Gasteiger charge is -2.20. The normalized spacial score (nSPS) is 19.8. The lowest BCUT2D eigenvalue weighted by atomic mass is 10.2. The summed E-state index contributed by atoms with van der Waals surface area (Å²) >= 11 is 0. The number of nitrogens with zero attached hydrogens (tertiary/aromatic N) is 1. The van der Waals surface area contributed by atoms with Gasteiger partial charge in [-0.25, -0.2) is 9.59 Å². The number of hydrogen-bond donors (Lipinski definition) is 0. The number of amides is 1. The predicted octanol–water partition coefficient (Wildman–Crippen LogP) is 2.92. The Bertz CT molecular complexity index is 620. The third-order valence-corrected chi connectivity index (χ3v) is 3.62. The van der Waals surface area contributed by atoms with E-state index >= 15 is 0 Å². The van der Waals surface area contributed by atoms with Crippen LogP contribution in [0.5, 0.6) is 0 Å². The summed E-state index contributed by atoms with van der Waals surface area (Å²) in [5, 5.41) is 0. The zero-order valence-corrected chi connectivity index (χ0v) is 15.1. The Hall–Kier alpha value is -2.34. The van der Waals surface area contributed by atoms with Crippen molar-refractivity contribution in [3.63, 3.8) is 0 Å². The number of benzene rings is 1. The molecule has 0 bridgehead atoms. The van der Waals surface area contributed by atoms with Crippen molar-refractivity contribution < 1.29 is 23.8 Å². The molecule has 1 saturated heterocycles. The maximum absolute atomic E-state index is 12.3. The SMILES string of the molecule is COC(=O)/C=C\[C@H]1[C@@H](COCc2ccccc2)N1C(=O)OC(C)(C)C. The van der Waals surface area contributed by atoms with Crippen molar-refractivity contribution in [1.29, 1.82) is 0 Å². The van der Waals surface area contributed by atoms with Gasteiger partial charge < -0.3 is 14.2 Å². The van der Waals surface area contributed by atoms with Crippen LogP contribution in [0.15, 0.2) is 42.5 Å². The van der Waals surface area contributed by atoms with Crippen LogP contribution in [0.4, 0.5) is 4.79 Å². The van der Waals surface area contributed by atoms with Gasteiger partial charge in [0.25, 0.3) is 0 Å². The Labute approximate surface area is 148 Å². The van der Waals surface area contributed by atoms with Crippen molar-refractivity contribution in [1.82, 2.24) is 4.90 Å². The summed E-state index contributed by atoms with van der Waals surface area (Å²) in [6.45, 7) is 6.27. The van der Waals surface area contributed by atoms with E-state index in [0.29, 0.717) is 13.2 Å². The molecular formula is C19H25NO5. The van der Waals surface area contributed by atoms with E-state index < -0.39 is 17.7 Å². The van der Waals surface area contributed by atoms with E-state index in [0.717, 1.165) is 5.56 Å². The molecule has 1 aliphatic rings. The molecule has 25 heavy (non-hydrogen) atoms. The Kier molecular flexibility index (Phi) is 6.20. The number of ether oxygens (including phenoxy) is 3. The van der Waals surface area contributed by atoms with Gasteiger partial charge in [-0.3, -0.25) is 4.90 Å². The second-order valence-corrected chi connectivity index (χ2v) is 6.83. The first kappa shape index (κ1) is 19.0.